The molecule has 18 heavy (non-hydrogen) atoms. The maximum absolute atomic E-state index is 11.7. The van der Waals surface area contributed by atoms with E-state index in [-0.39, 0.29) is 12.0 Å². The largest absolute Gasteiger partial charge is 0.377 e. The van der Waals surface area contributed by atoms with Gasteiger partial charge in [-0.05, 0) is 44.6 Å². The first-order valence-electron chi connectivity index (χ1n) is 6.24. The Morgan fingerprint density at radius 3 is 2.89 bits per heavy atom. The van der Waals surface area contributed by atoms with Crippen molar-refractivity contribution >= 4 is 11.6 Å². The number of amides is 1. The van der Waals surface area contributed by atoms with Gasteiger partial charge in [0.2, 0.25) is 5.91 Å². The van der Waals surface area contributed by atoms with Crippen molar-refractivity contribution in [2.24, 2.45) is 0 Å². The third-order valence-electron chi connectivity index (χ3n) is 2.82. The van der Waals surface area contributed by atoms with Crippen molar-refractivity contribution in [2.45, 2.75) is 25.9 Å². The van der Waals surface area contributed by atoms with E-state index in [1.165, 1.54) is 0 Å². The fourth-order valence-corrected chi connectivity index (χ4v) is 1.65. The van der Waals surface area contributed by atoms with Crippen LogP contribution in [-0.4, -0.2) is 26.6 Å². The Morgan fingerprint density at radius 1 is 1.44 bits per heavy atom. The summed E-state index contributed by atoms with van der Waals surface area (Å²) in [4.78, 5) is 11.7. The smallest absolute Gasteiger partial charge is 0.224 e. The van der Waals surface area contributed by atoms with Gasteiger partial charge in [-0.25, -0.2) is 0 Å². The zero-order valence-electron chi connectivity index (χ0n) is 11.3. The van der Waals surface area contributed by atoms with E-state index in [0.717, 1.165) is 24.2 Å². The molecule has 0 aromatic heterocycles. The summed E-state index contributed by atoms with van der Waals surface area (Å²) in [6.07, 6.45) is 1.41. The van der Waals surface area contributed by atoms with Gasteiger partial charge in [0.1, 0.15) is 0 Å². The van der Waals surface area contributed by atoms with Gasteiger partial charge in [0.25, 0.3) is 0 Å². The van der Waals surface area contributed by atoms with Gasteiger partial charge in [-0.2, -0.15) is 0 Å². The van der Waals surface area contributed by atoms with Crippen LogP contribution in [0.15, 0.2) is 24.3 Å². The Kier molecular flexibility index (Phi) is 6.39. The Bertz CT molecular complexity index is 380. The molecule has 0 saturated heterocycles. The maximum atomic E-state index is 11.7. The quantitative estimate of drug-likeness (QED) is 0.730. The normalized spacial score (nSPS) is 12.2. The van der Waals surface area contributed by atoms with E-state index in [1.807, 2.05) is 38.2 Å². The summed E-state index contributed by atoms with van der Waals surface area (Å²) in [5.74, 6) is 0.0486. The molecule has 0 aliphatic carbocycles. The van der Waals surface area contributed by atoms with Crippen LogP contribution in [-0.2, 0) is 9.53 Å². The number of nitrogens with one attached hydrogen (secondary N) is 2. The van der Waals surface area contributed by atoms with Gasteiger partial charge >= 0.3 is 0 Å². The van der Waals surface area contributed by atoms with E-state index < -0.39 is 0 Å². The van der Waals surface area contributed by atoms with Crippen molar-refractivity contribution in [2.75, 3.05) is 26.0 Å². The van der Waals surface area contributed by atoms with E-state index in [1.54, 1.807) is 7.11 Å². The second-order valence-electron chi connectivity index (χ2n) is 4.26. The fraction of sp³-hybridized carbons (Fsp3) is 0.500. The molecule has 100 valence electrons. The summed E-state index contributed by atoms with van der Waals surface area (Å²) >= 11 is 0. The first-order valence-corrected chi connectivity index (χ1v) is 6.24. The third-order valence-corrected chi connectivity index (χ3v) is 2.82. The van der Waals surface area contributed by atoms with Crippen molar-refractivity contribution in [3.05, 3.63) is 29.8 Å². The molecule has 0 aliphatic rings. The van der Waals surface area contributed by atoms with Crippen LogP contribution in [0.25, 0.3) is 0 Å². The van der Waals surface area contributed by atoms with Gasteiger partial charge in [-0.3, -0.25) is 4.79 Å². The van der Waals surface area contributed by atoms with Gasteiger partial charge in [0, 0.05) is 19.2 Å². The van der Waals surface area contributed by atoms with Crippen LogP contribution in [0.3, 0.4) is 0 Å². The number of hydrogen-bond donors (Lipinski definition) is 2. The van der Waals surface area contributed by atoms with Crippen LogP contribution in [0.2, 0.25) is 0 Å². The minimum Gasteiger partial charge on any atom is -0.377 e. The summed E-state index contributed by atoms with van der Waals surface area (Å²) in [6, 6.07) is 7.75. The summed E-state index contributed by atoms with van der Waals surface area (Å²) in [5.41, 5.74) is 1.89. The molecule has 1 aromatic rings. The average molecular weight is 250 g/mol. The lowest BCUT2D eigenvalue weighted by Gasteiger charge is -2.12. The molecular formula is C14H22N2O2. The number of carbonyl (C=O) groups excluding carboxylic acids is 1. The third kappa shape index (κ3) is 4.85. The van der Waals surface area contributed by atoms with Gasteiger partial charge in [0.05, 0.1) is 6.10 Å². The molecule has 0 fully saturated rings. The lowest BCUT2D eigenvalue weighted by atomic mass is 10.1. The van der Waals surface area contributed by atoms with Crippen LogP contribution in [0.4, 0.5) is 5.69 Å². The van der Waals surface area contributed by atoms with Gasteiger partial charge in [-0.1, -0.05) is 12.1 Å². The zero-order chi connectivity index (χ0) is 13.4. The Labute approximate surface area is 109 Å². The molecule has 1 unspecified atom stereocenters. The Hall–Kier alpha value is -1.39. The van der Waals surface area contributed by atoms with E-state index >= 15 is 0 Å². The number of carbonyl (C=O) groups is 1. The number of benzene rings is 1. The van der Waals surface area contributed by atoms with Crippen molar-refractivity contribution in [3.63, 3.8) is 0 Å². The Balaban J connectivity index is 2.53. The molecule has 0 spiro atoms. The molecule has 1 amide bonds. The van der Waals surface area contributed by atoms with Crippen LogP contribution in [0, 0.1) is 0 Å². The molecule has 4 nitrogen and oxygen atoms in total. The highest BCUT2D eigenvalue weighted by Crippen LogP contribution is 2.19. The lowest BCUT2D eigenvalue weighted by Crippen LogP contribution is -2.15. The predicted octanol–water partition coefficient (Wildman–Crippen LogP) is 2.33. The molecule has 0 bridgehead atoms. The van der Waals surface area contributed by atoms with E-state index in [9.17, 15) is 4.79 Å². The SMILES string of the molecule is CNCCCC(=O)Nc1cccc(C(C)OC)c1. The molecule has 0 heterocycles. The zero-order valence-corrected chi connectivity index (χ0v) is 11.3. The molecule has 0 radical (unpaired) electrons. The van der Waals surface area contributed by atoms with E-state index in [2.05, 4.69) is 10.6 Å². The number of hydrogen-bond acceptors (Lipinski definition) is 3. The first-order chi connectivity index (χ1) is 8.67. The molecule has 1 aromatic carbocycles. The van der Waals surface area contributed by atoms with Crippen LogP contribution < -0.4 is 10.6 Å². The Morgan fingerprint density at radius 2 is 2.22 bits per heavy atom. The number of ether oxygens (including phenoxy) is 1. The molecule has 2 N–H and O–H groups in total. The van der Waals surface area contributed by atoms with E-state index in [0.29, 0.717) is 6.42 Å². The highest BCUT2D eigenvalue weighted by molar-refractivity contribution is 5.90. The molecule has 0 aliphatic heterocycles. The first kappa shape index (κ1) is 14.7. The summed E-state index contributed by atoms with van der Waals surface area (Å²) < 4.78 is 5.25. The second-order valence-corrected chi connectivity index (χ2v) is 4.26. The number of methoxy groups -OCH3 is 1. The van der Waals surface area contributed by atoms with E-state index in [4.69, 9.17) is 4.74 Å². The monoisotopic (exact) mass is 250 g/mol. The lowest BCUT2D eigenvalue weighted by molar-refractivity contribution is -0.116. The molecule has 0 saturated carbocycles. The fourth-order valence-electron chi connectivity index (χ4n) is 1.65. The summed E-state index contributed by atoms with van der Waals surface area (Å²) in [7, 11) is 3.56. The van der Waals surface area contributed by atoms with Gasteiger partial charge in [-0.15, -0.1) is 0 Å². The predicted molar refractivity (Wildman–Crippen MR) is 73.7 cm³/mol. The molecular weight excluding hydrogens is 228 g/mol. The maximum Gasteiger partial charge on any atom is 0.224 e. The highest BCUT2D eigenvalue weighted by atomic mass is 16.5. The van der Waals surface area contributed by atoms with Crippen molar-refractivity contribution in [3.8, 4) is 0 Å². The number of rotatable bonds is 7. The standard InChI is InChI=1S/C14H22N2O2/c1-11(18-3)12-6-4-7-13(10-12)16-14(17)8-5-9-15-2/h4,6-7,10-11,15H,5,8-9H2,1-3H3,(H,16,17). The van der Waals surface area contributed by atoms with Crippen molar-refractivity contribution in [1.82, 2.24) is 5.32 Å². The van der Waals surface area contributed by atoms with Crippen LogP contribution in [0.1, 0.15) is 31.4 Å². The second kappa shape index (κ2) is 7.84. The van der Waals surface area contributed by atoms with Crippen molar-refractivity contribution < 1.29 is 9.53 Å². The minimum atomic E-state index is 0.0335. The summed E-state index contributed by atoms with van der Waals surface area (Å²) in [5, 5.41) is 5.92. The van der Waals surface area contributed by atoms with Gasteiger partial charge in [0.15, 0.2) is 0 Å². The molecule has 1 atom stereocenters. The highest BCUT2D eigenvalue weighted by Gasteiger charge is 2.06. The van der Waals surface area contributed by atoms with Crippen molar-refractivity contribution in [1.29, 1.82) is 0 Å². The topological polar surface area (TPSA) is 50.4 Å². The van der Waals surface area contributed by atoms with Crippen LogP contribution >= 0.6 is 0 Å². The molecule has 1 rings (SSSR count). The van der Waals surface area contributed by atoms with Gasteiger partial charge < -0.3 is 15.4 Å². The average Bonchev–Trinajstić information content (AvgIpc) is 2.38. The minimum absolute atomic E-state index is 0.0335. The molecule has 4 heteroatoms. The number of anilines is 1. The summed E-state index contributed by atoms with van der Waals surface area (Å²) in [6.45, 7) is 2.84. The van der Waals surface area contributed by atoms with Crippen LogP contribution in [0.5, 0.6) is 0 Å².